The SMILES string of the molecule is c1ccc(-c2ccc(N(c3ccc(-c4ccc(N(c5ccc6c(c5)C5(CCCCC5)c5ccccc5-6)c5ccc6c(c5)C5(CCCCC5)c5ccccc5-6)cc4)cc3)c3ccc(-c4cccc(-c5ccccc5)c4)cc3)cc2)cc1. The van der Waals surface area contributed by atoms with Gasteiger partial charge >= 0.3 is 0 Å². The van der Waals surface area contributed by atoms with E-state index in [1.165, 1.54) is 170 Å². The lowest BCUT2D eigenvalue weighted by Gasteiger charge is -2.37. The molecule has 0 saturated heterocycles. The Bertz CT molecular complexity index is 3910. The van der Waals surface area contributed by atoms with E-state index >= 15 is 0 Å². The van der Waals surface area contributed by atoms with Crippen LogP contribution in [0.1, 0.15) is 86.5 Å². The van der Waals surface area contributed by atoms with Crippen molar-refractivity contribution in [3.05, 3.63) is 289 Å². The summed E-state index contributed by atoms with van der Waals surface area (Å²) in [4.78, 5) is 4.95. The molecule has 2 nitrogen and oxygen atoms in total. The third kappa shape index (κ3) is 8.23. The zero-order valence-corrected chi connectivity index (χ0v) is 45.4. The molecule has 0 unspecified atom stereocenters. The van der Waals surface area contributed by atoms with E-state index in [9.17, 15) is 0 Å². The molecule has 0 aliphatic heterocycles. The van der Waals surface area contributed by atoms with Gasteiger partial charge in [-0.05, 0) is 194 Å². The van der Waals surface area contributed by atoms with Crippen LogP contribution in [0, 0.1) is 0 Å². The molecule has 0 atom stereocenters. The van der Waals surface area contributed by atoms with E-state index in [0.29, 0.717) is 0 Å². The van der Waals surface area contributed by atoms with E-state index in [-0.39, 0.29) is 10.8 Å². The highest BCUT2D eigenvalue weighted by molar-refractivity contribution is 5.90. The van der Waals surface area contributed by atoms with Crippen LogP contribution in [-0.4, -0.2) is 0 Å². The zero-order valence-electron chi connectivity index (χ0n) is 45.4. The Morgan fingerprint density at radius 2 is 0.487 bits per heavy atom. The van der Waals surface area contributed by atoms with Crippen LogP contribution in [0.3, 0.4) is 0 Å². The highest BCUT2D eigenvalue weighted by Crippen LogP contribution is 2.59. The Balaban J connectivity index is 0.791. The van der Waals surface area contributed by atoms with Crippen LogP contribution in [0.4, 0.5) is 34.1 Å². The molecule has 4 aliphatic rings. The molecule has 2 saturated carbocycles. The number of anilines is 6. The van der Waals surface area contributed by atoms with Gasteiger partial charge in [0.05, 0.1) is 0 Å². The quantitative estimate of drug-likeness (QED) is 0.135. The first-order valence-corrected chi connectivity index (χ1v) is 29.3. The number of fused-ring (bicyclic) bond motifs is 10. The van der Waals surface area contributed by atoms with Gasteiger partial charge in [-0.3, -0.25) is 0 Å². The second kappa shape index (κ2) is 20.0. The summed E-state index contributed by atoms with van der Waals surface area (Å²) in [7, 11) is 0. The van der Waals surface area contributed by atoms with Gasteiger partial charge in [-0.1, -0.05) is 227 Å². The minimum atomic E-state index is 0.0631. The molecular formula is C78H64N2. The van der Waals surface area contributed by atoms with E-state index in [1.807, 2.05) is 0 Å². The van der Waals surface area contributed by atoms with Gasteiger partial charge in [-0.25, -0.2) is 0 Å². The molecule has 4 aliphatic carbocycles. The maximum Gasteiger partial charge on any atom is 0.0465 e. The molecule has 2 spiro atoms. The fraction of sp³-hybridized carbons (Fsp3) is 0.154. The summed E-state index contributed by atoms with van der Waals surface area (Å²) in [6.45, 7) is 0. The maximum atomic E-state index is 2.59. The lowest BCUT2D eigenvalue weighted by atomic mass is 9.67. The molecule has 2 fully saturated rings. The molecule has 0 bridgehead atoms. The van der Waals surface area contributed by atoms with Crippen LogP contribution in [0.15, 0.2) is 267 Å². The van der Waals surface area contributed by atoms with Crippen LogP contribution in [0.2, 0.25) is 0 Å². The smallest absolute Gasteiger partial charge is 0.0465 e. The molecule has 80 heavy (non-hydrogen) atoms. The van der Waals surface area contributed by atoms with Gasteiger partial charge in [-0.2, -0.15) is 0 Å². The van der Waals surface area contributed by atoms with Crippen molar-refractivity contribution >= 4 is 34.1 Å². The van der Waals surface area contributed by atoms with Crippen LogP contribution in [-0.2, 0) is 10.8 Å². The summed E-state index contributed by atoms with van der Waals surface area (Å²) in [6.07, 6.45) is 12.6. The van der Waals surface area contributed by atoms with Gasteiger partial charge in [0.15, 0.2) is 0 Å². The van der Waals surface area contributed by atoms with E-state index in [4.69, 9.17) is 0 Å². The number of rotatable bonds is 10. The number of benzene rings is 11. The fourth-order valence-electron chi connectivity index (χ4n) is 14.8. The molecule has 11 aromatic rings. The van der Waals surface area contributed by atoms with Crippen molar-refractivity contribution in [2.24, 2.45) is 0 Å². The van der Waals surface area contributed by atoms with E-state index in [0.717, 1.165) is 17.1 Å². The lowest BCUT2D eigenvalue weighted by Crippen LogP contribution is -2.28. The molecule has 0 aromatic heterocycles. The normalized spacial score (nSPS) is 15.2. The Labute approximate surface area is 472 Å². The Hall–Kier alpha value is -8.98. The van der Waals surface area contributed by atoms with Crippen molar-refractivity contribution in [2.45, 2.75) is 75.0 Å². The second-order valence-electron chi connectivity index (χ2n) is 23.0. The Kier molecular flexibility index (Phi) is 12.1. The summed E-state index contributed by atoms with van der Waals surface area (Å²) >= 11 is 0. The van der Waals surface area contributed by atoms with E-state index < -0.39 is 0 Å². The topological polar surface area (TPSA) is 6.48 Å². The molecule has 2 heteroatoms. The molecule has 386 valence electrons. The van der Waals surface area contributed by atoms with Gasteiger partial charge in [-0.15, -0.1) is 0 Å². The van der Waals surface area contributed by atoms with Crippen LogP contribution >= 0.6 is 0 Å². The summed E-state index contributed by atoms with van der Waals surface area (Å²) in [5.74, 6) is 0. The van der Waals surface area contributed by atoms with E-state index in [1.54, 1.807) is 0 Å². The van der Waals surface area contributed by atoms with Crippen LogP contribution < -0.4 is 9.80 Å². The first-order chi connectivity index (χ1) is 39.6. The molecule has 0 amide bonds. The number of nitrogens with zero attached hydrogens (tertiary/aromatic N) is 2. The minimum Gasteiger partial charge on any atom is -0.311 e. The van der Waals surface area contributed by atoms with Crippen molar-refractivity contribution in [1.82, 2.24) is 0 Å². The first-order valence-electron chi connectivity index (χ1n) is 29.3. The maximum absolute atomic E-state index is 2.59. The Morgan fingerprint density at radius 1 is 0.200 bits per heavy atom. The van der Waals surface area contributed by atoms with Crippen molar-refractivity contribution in [3.63, 3.8) is 0 Å². The van der Waals surface area contributed by atoms with Gasteiger partial charge in [0, 0.05) is 45.0 Å². The van der Waals surface area contributed by atoms with Crippen molar-refractivity contribution < 1.29 is 0 Å². The third-order valence-electron chi connectivity index (χ3n) is 18.7. The van der Waals surface area contributed by atoms with Gasteiger partial charge in [0.25, 0.3) is 0 Å². The highest BCUT2D eigenvalue weighted by atomic mass is 15.1. The zero-order chi connectivity index (χ0) is 53.0. The predicted octanol–water partition coefficient (Wildman–Crippen LogP) is 21.8. The summed E-state index contributed by atoms with van der Waals surface area (Å²) in [5.41, 5.74) is 28.5. The van der Waals surface area contributed by atoms with Gasteiger partial charge in [0.1, 0.15) is 0 Å². The second-order valence-corrected chi connectivity index (χ2v) is 23.0. The first kappa shape index (κ1) is 48.2. The average Bonchev–Trinajstić information content (AvgIpc) is 4.19. The minimum absolute atomic E-state index is 0.0631. The van der Waals surface area contributed by atoms with Gasteiger partial charge in [0.2, 0.25) is 0 Å². The lowest BCUT2D eigenvalue weighted by molar-refractivity contribution is 0.353. The van der Waals surface area contributed by atoms with Crippen molar-refractivity contribution in [1.29, 1.82) is 0 Å². The summed E-state index contributed by atoms with van der Waals surface area (Å²) in [5, 5.41) is 0. The van der Waals surface area contributed by atoms with Crippen LogP contribution in [0.25, 0.3) is 66.8 Å². The Morgan fingerprint density at radius 3 is 0.887 bits per heavy atom. The summed E-state index contributed by atoms with van der Waals surface area (Å²) < 4.78 is 0. The summed E-state index contributed by atoms with van der Waals surface area (Å²) in [6, 6.07) is 100. The molecule has 11 aromatic carbocycles. The van der Waals surface area contributed by atoms with Crippen molar-refractivity contribution in [2.75, 3.05) is 9.80 Å². The van der Waals surface area contributed by atoms with Crippen molar-refractivity contribution in [3.8, 4) is 66.8 Å². The molecule has 0 heterocycles. The number of hydrogen-bond acceptors (Lipinski definition) is 2. The number of hydrogen-bond donors (Lipinski definition) is 0. The third-order valence-corrected chi connectivity index (χ3v) is 18.7. The fourth-order valence-corrected chi connectivity index (χ4v) is 14.8. The molecule has 15 rings (SSSR count). The molecule has 0 radical (unpaired) electrons. The standard InChI is InChI=1S/C78H64N2/c1-5-18-55(19-6-1)57-28-36-63(37-29-57)79(65-42-34-60(35-43-65)62-23-17-22-61(52-62)56-20-7-2-8-21-56)64-38-30-58(31-39-64)59-32-40-66(41-33-59)80(67-44-46-71-69-24-9-11-26-73(69)77(75(71)53-67)48-13-3-14-49-77)68-45-47-72-70-25-10-12-27-74(70)78(76(72)54-68)50-15-4-16-51-78/h1-2,5-12,17-47,52-54H,3-4,13-16,48-51H2. The average molecular weight is 1030 g/mol. The van der Waals surface area contributed by atoms with Gasteiger partial charge < -0.3 is 9.80 Å². The highest BCUT2D eigenvalue weighted by Gasteiger charge is 2.45. The monoisotopic (exact) mass is 1030 g/mol. The largest absolute Gasteiger partial charge is 0.311 e. The van der Waals surface area contributed by atoms with Crippen LogP contribution in [0.5, 0.6) is 0 Å². The molecular weight excluding hydrogens is 965 g/mol. The molecule has 0 N–H and O–H groups in total. The van der Waals surface area contributed by atoms with E-state index in [2.05, 4.69) is 277 Å². The predicted molar refractivity (Wildman–Crippen MR) is 336 cm³/mol.